The second kappa shape index (κ2) is 6.81. The van der Waals surface area contributed by atoms with Crippen molar-refractivity contribution in [3.8, 4) is 5.75 Å². The zero-order valence-corrected chi connectivity index (χ0v) is 15.7. The van der Waals surface area contributed by atoms with Crippen molar-refractivity contribution in [3.05, 3.63) is 59.2 Å². The molecule has 0 aromatic heterocycles. The first kappa shape index (κ1) is 18.8. The summed E-state index contributed by atoms with van der Waals surface area (Å²) in [6.45, 7) is 3.81. The molecule has 1 fully saturated rings. The highest BCUT2D eigenvalue weighted by Crippen LogP contribution is 2.45. The molecule has 0 spiro atoms. The summed E-state index contributed by atoms with van der Waals surface area (Å²) in [6.07, 6.45) is -3.89. The van der Waals surface area contributed by atoms with Crippen LogP contribution in [0.1, 0.15) is 33.8 Å². The van der Waals surface area contributed by atoms with Crippen LogP contribution in [0.3, 0.4) is 0 Å². The van der Waals surface area contributed by atoms with Gasteiger partial charge in [0.05, 0.1) is 0 Å². The van der Waals surface area contributed by atoms with Crippen molar-refractivity contribution in [1.29, 1.82) is 0 Å². The number of fused-ring (bicyclic) bond motifs is 3. The molecule has 0 N–H and O–H groups in total. The van der Waals surface area contributed by atoms with Gasteiger partial charge in [-0.2, -0.15) is 0 Å². The van der Waals surface area contributed by atoms with Crippen LogP contribution in [-0.4, -0.2) is 43.3 Å². The minimum absolute atomic E-state index is 0.0617. The third-order valence-corrected chi connectivity index (χ3v) is 5.51. The highest BCUT2D eigenvalue weighted by atomic mass is 19.4. The molecule has 7 heteroatoms. The van der Waals surface area contributed by atoms with E-state index in [9.17, 15) is 18.0 Å². The maximum atomic E-state index is 13.3. The molecule has 4 nitrogen and oxygen atoms in total. The molecule has 0 unspecified atom stereocenters. The number of aryl methyl sites for hydroxylation is 1. The summed E-state index contributed by atoms with van der Waals surface area (Å²) in [6, 6.07) is 11.3. The van der Waals surface area contributed by atoms with E-state index in [1.54, 1.807) is 0 Å². The molecule has 28 heavy (non-hydrogen) atoms. The summed E-state index contributed by atoms with van der Waals surface area (Å²) in [7, 11) is 2.08. The molecule has 2 atom stereocenters. The summed E-state index contributed by atoms with van der Waals surface area (Å²) >= 11 is 0. The molecular weight excluding hydrogens is 369 g/mol. The first-order valence-corrected chi connectivity index (χ1v) is 9.21. The number of anilines is 1. The van der Waals surface area contributed by atoms with Crippen molar-refractivity contribution in [2.75, 3.05) is 25.0 Å². The van der Waals surface area contributed by atoms with Crippen molar-refractivity contribution in [2.45, 2.75) is 31.7 Å². The molecule has 0 aliphatic carbocycles. The lowest BCUT2D eigenvalue weighted by molar-refractivity contribution is -0.274. The van der Waals surface area contributed by atoms with E-state index in [-0.39, 0.29) is 23.6 Å². The van der Waals surface area contributed by atoms with Gasteiger partial charge in [-0.15, -0.1) is 13.2 Å². The van der Waals surface area contributed by atoms with E-state index in [1.807, 2.05) is 24.0 Å². The number of alkyl halides is 3. The first-order valence-electron chi connectivity index (χ1n) is 9.21. The molecule has 4 rings (SSSR count). The van der Waals surface area contributed by atoms with E-state index in [1.165, 1.54) is 29.8 Å². The van der Waals surface area contributed by atoms with Crippen molar-refractivity contribution in [2.24, 2.45) is 0 Å². The molecule has 148 valence electrons. The van der Waals surface area contributed by atoms with Crippen LogP contribution >= 0.6 is 0 Å². The minimum atomic E-state index is -4.75. The molecule has 1 amide bonds. The smallest absolute Gasteiger partial charge is 0.406 e. The lowest BCUT2D eigenvalue weighted by atomic mass is 9.88. The topological polar surface area (TPSA) is 32.8 Å². The number of hydrogen-bond donors (Lipinski definition) is 0. The van der Waals surface area contributed by atoms with Gasteiger partial charge in [-0.1, -0.05) is 17.7 Å². The van der Waals surface area contributed by atoms with Crippen LogP contribution in [0, 0.1) is 6.92 Å². The largest absolute Gasteiger partial charge is 0.573 e. The van der Waals surface area contributed by atoms with Crippen LogP contribution in [0.4, 0.5) is 18.9 Å². The normalized spacial score (nSPS) is 22.0. The third-order valence-electron chi connectivity index (χ3n) is 5.51. The molecule has 0 radical (unpaired) electrons. The van der Waals surface area contributed by atoms with Gasteiger partial charge in [-0.05, 0) is 62.8 Å². The van der Waals surface area contributed by atoms with Crippen molar-refractivity contribution in [3.63, 3.8) is 0 Å². The lowest BCUT2D eigenvalue weighted by Crippen LogP contribution is -2.47. The fourth-order valence-corrected chi connectivity index (χ4v) is 4.28. The number of halogens is 3. The number of rotatable bonds is 2. The van der Waals surface area contributed by atoms with E-state index in [2.05, 4.69) is 22.8 Å². The Morgan fingerprint density at radius 1 is 1.14 bits per heavy atom. The minimum Gasteiger partial charge on any atom is -0.406 e. The second-order valence-corrected chi connectivity index (χ2v) is 7.53. The molecule has 0 saturated carbocycles. The zero-order valence-electron chi connectivity index (χ0n) is 15.7. The Morgan fingerprint density at radius 3 is 2.54 bits per heavy atom. The molecule has 2 aliphatic rings. The summed E-state index contributed by atoms with van der Waals surface area (Å²) in [4.78, 5) is 17.4. The maximum Gasteiger partial charge on any atom is 0.573 e. The Morgan fingerprint density at radius 2 is 1.86 bits per heavy atom. The van der Waals surface area contributed by atoms with Gasteiger partial charge in [0.1, 0.15) is 5.75 Å². The van der Waals surface area contributed by atoms with Gasteiger partial charge in [0.2, 0.25) is 0 Å². The number of piperidine rings is 1. The molecular formula is C21H21F3N2O2. The predicted molar refractivity (Wildman–Crippen MR) is 99.8 cm³/mol. The highest BCUT2D eigenvalue weighted by molar-refractivity contribution is 6.08. The van der Waals surface area contributed by atoms with E-state index in [4.69, 9.17) is 0 Å². The molecule has 2 aromatic rings. The van der Waals surface area contributed by atoms with Crippen LogP contribution in [-0.2, 0) is 0 Å². The van der Waals surface area contributed by atoms with Gasteiger partial charge in [0.25, 0.3) is 5.91 Å². The van der Waals surface area contributed by atoms with Crippen LogP contribution < -0.4 is 9.64 Å². The van der Waals surface area contributed by atoms with Crippen molar-refractivity contribution < 1.29 is 22.7 Å². The third kappa shape index (κ3) is 3.46. The van der Waals surface area contributed by atoms with Crippen LogP contribution in [0.2, 0.25) is 0 Å². The number of hydrogen-bond acceptors (Lipinski definition) is 3. The van der Waals surface area contributed by atoms with Gasteiger partial charge >= 0.3 is 6.36 Å². The van der Waals surface area contributed by atoms with Crippen molar-refractivity contribution in [1.82, 2.24) is 4.90 Å². The highest BCUT2D eigenvalue weighted by Gasteiger charge is 2.44. The summed E-state index contributed by atoms with van der Waals surface area (Å²) in [5.74, 6) is -0.287. The van der Waals surface area contributed by atoms with E-state index >= 15 is 0 Å². The molecule has 1 saturated heterocycles. The summed E-state index contributed by atoms with van der Waals surface area (Å²) < 4.78 is 41.0. The number of likely N-dealkylation sites (tertiary alicyclic amines) is 1. The van der Waals surface area contributed by atoms with Crippen LogP contribution in [0.5, 0.6) is 5.75 Å². The standard InChI is InChI=1S/C21H21F3N2O2/c1-13-3-8-18-16(11-13)17-12-25(2)10-9-19(17)26(18)20(27)14-4-6-15(7-5-14)28-21(22,23)24/h3-8,11,17,19H,9-10,12H2,1-2H3/t17-,19+/m0/s1. The molecule has 2 aliphatic heterocycles. The number of carbonyl (C=O) groups excluding carboxylic acids is 1. The van der Waals surface area contributed by atoms with Gasteiger partial charge < -0.3 is 14.5 Å². The average Bonchev–Trinajstić information content (AvgIpc) is 2.93. The summed E-state index contributed by atoms with van der Waals surface area (Å²) in [5, 5.41) is 0. The zero-order chi connectivity index (χ0) is 20.1. The quantitative estimate of drug-likeness (QED) is 0.765. The molecule has 0 bridgehead atoms. The van der Waals surface area contributed by atoms with E-state index in [0.29, 0.717) is 5.56 Å². The monoisotopic (exact) mass is 390 g/mol. The van der Waals surface area contributed by atoms with Crippen LogP contribution in [0.15, 0.2) is 42.5 Å². The predicted octanol–water partition coefficient (Wildman–Crippen LogP) is 4.34. The second-order valence-electron chi connectivity index (χ2n) is 7.53. The number of ether oxygens (including phenoxy) is 1. The first-order chi connectivity index (χ1) is 13.2. The fraction of sp³-hybridized carbons (Fsp3) is 0.381. The molecule has 2 aromatic carbocycles. The Hall–Kier alpha value is -2.54. The molecule has 2 heterocycles. The fourth-order valence-electron chi connectivity index (χ4n) is 4.28. The number of amides is 1. The maximum absolute atomic E-state index is 13.3. The van der Waals surface area contributed by atoms with Gasteiger partial charge in [-0.3, -0.25) is 4.79 Å². The lowest BCUT2D eigenvalue weighted by Gasteiger charge is -2.36. The number of benzene rings is 2. The van der Waals surface area contributed by atoms with Crippen molar-refractivity contribution >= 4 is 11.6 Å². The van der Waals surface area contributed by atoms with E-state index < -0.39 is 6.36 Å². The van der Waals surface area contributed by atoms with E-state index in [0.717, 1.165) is 30.8 Å². The summed E-state index contributed by atoms with van der Waals surface area (Å²) in [5.41, 5.74) is 3.56. The number of carbonyl (C=O) groups is 1. The van der Waals surface area contributed by atoms with Crippen LogP contribution in [0.25, 0.3) is 0 Å². The Labute approximate surface area is 161 Å². The van der Waals surface area contributed by atoms with Gasteiger partial charge in [-0.25, -0.2) is 0 Å². The van der Waals surface area contributed by atoms with Gasteiger partial charge in [0, 0.05) is 29.8 Å². The Bertz CT molecular complexity index is 896. The average molecular weight is 390 g/mol. The number of nitrogens with zero attached hydrogens (tertiary/aromatic N) is 2. The Balaban J connectivity index is 1.65. The number of likely N-dealkylation sites (N-methyl/N-ethyl adjacent to an activating group) is 1. The SMILES string of the molecule is Cc1ccc2c(c1)[C@@H]1CN(C)CC[C@H]1N2C(=O)c1ccc(OC(F)(F)F)cc1. The Kier molecular flexibility index (Phi) is 4.57. The van der Waals surface area contributed by atoms with Gasteiger partial charge in [0.15, 0.2) is 0 Å².